The number of hydrogen-bond donors (Lipinski definition) is 1. The van der Waals surface area contributed by atoms with Crippen LogP contribution in [0.15, 0.2) is 47.4 Å². The van der Waals surface area contributed by atoms with Crippen molar-refractivity contribution in [2.24, 2.45) is 0 Å². The molecular weight excluding hydrogens is 280 g/mol. The second kappa shape index (κ2) is 5.87. The van der Waals surface area contributed by atoms with Crippen LogP contribution in [0.25, 0.3) is 0 Å². The zero-order valence-electron chi connectivity index (χ0n) is 9.97. The van der Waals surface area contributed by atoms with Gasteiger partial charge < -0.3 is 5.73 Å². The largest absolute Gasteiger partial charge is 0.398 e. The van der Waals surface area contributed by atoms with Gasteiger partial charge in [-0.1, -0.05) is 29.8 Å². The van der Waals surface area contributed by atoms with Crippen LogP contribution >= 0.6 is 11.6 Å². The molecule has 0 radical (unpaired) electrons. The Hall–Kier alpha value is -1.83. The molecule has 0 aromatic heterocycles. The van der Waals surface area contributed by atoms with Crippen LogP contribution in [0.2, 0.25) is 5.02 Å². The molecule has 2 N–H and O–H groups in total. The molecular formula is C14H11ClN2OS. The lowest BCUT2D eigenvalue weighted by atomic mass is 10.2. The van der Waals surface area contributed by atoms with E-state index in [0.29, 0.717) is 26.9 Å². The van der Waals surface area contributed by atoms with E-state index in [1.165, 1.54) is 0 Å². The molecule has 0 spiro atoms. The first-order chi connectivity index (χ1) is 9.11. The number of nitrogens with two attached hydrogens (primary N) is 1. The van der Waals surface area contributed by atoms with Crippen molar-refractivity contribution >= 4 is 28.1 Å². The molecule has 0 fully saturated rings. The summed E-state index contributed by atoms with van der Waals surface area (Å²) in [6, 6.07) is 14.1. The van der Waals surface area contributed by atoms with Gasteiger partial charge in [0, 0.05) is 5.69 Å². The highest BCUT2D eigenvalue weighted by atomic mass is 35.5. The zero-order chi connectivity index (χ0) is 13.8. The summed E-state index contributed by atoms with van der Waals surface area (Å²) in [5.41, 5.74) is 7.68. The van der Waals surface area contributed by atoms with E-state index < -0.39 is 10.8 Å². The van der Waals surface area contributed by atoms with E-state index in [4.69, 9.17) is 22.6 Å². The molecule has 2 aromatic rings. The van der Waals surface area contributed by atoms with Crippen LogP contribution in [0.3, 0.4) is 0 Å². The summed E-state index contributed by atoms with van der Waals surface area (Å²) >= 11 is 6.02. The van der Waals surface area contributed by atoms with Gasteiger partial charge in [-0.05, 0) is 29.8 Å². The Morgan fingerprint density at radius 1 is 1.21 bits per heavy atom. The maximum absolute atomic E-state index is 12.3. The van der Waals surface area contributed by atoms with Gasteiger partial charge in [-0.15, -0.1) is 0 Å². The molecule has 1 atom stereocenters. The van der Waals surface area contributed by atoms with Gasteiger partial charge in [-0.2, -0.15) is 5.26 Å². The van der Waals surface area contributed by atoms with Crippen LogP contribution < -0.4 is 5.73 Å². The van der Waals surface area contributed by atoms with Crippen molar-refractivity contribution in [3.8, 4) is 6.07 Å². The number of anilines is 1. The number of halogens is 1. The molecule has 5 heteroatoms. The molecule has 96 valence electrons. The van der Waals surface area contributed by atoms with Crippen LogP contribution in [-0.2, 0) is 16.6 Å². The number of hydrogen-bond acceptors (Lipinski definition) is 3. The van der Waals surface area contributed by atoms with E-state index >= 15 is 0 Å². The first kappa shape index (κ1) is 13.6. The maximum Gasteiger partial charge on any atom is 0.0991 e. The molecule has 3 nitrogen and oxygen atoms in total. The highest BCUT2D eigenvalue weighted by Gasteiger charge is 2.12. The molecule has 0 saturated heterocycles. The van der Waals surface area contributed by atoms with Gasteiger partial charge in [0.25, 0.3) is 0 Å². The average molecular weight is 291 g/mol. The lowest BCUT2D eigenvalue weighted by Gasteiger charge is -2.08. The third-order valence-corrected chi connectivity index (χ3v) is 4.54. The lowest BCUT2D eigenvalue weighted by molar-refractivity contribution is 0.683. The number of nitrogen functional groups attached to an aromatic ring is 1. The lowest BCUT2D eigenvalue weighted by Crippen LogP contribution is -2.01. The summed E-state index contributed by atoms with van der Waals surface area (Å²) in [6.45, 7) is 0. The van der Waals surface area contributed by atoms with Crippen LogP contribution in [0, 0.1) is 11.3 Å². The molecule has 0 saturated carbocycles. The average Bonchev–Trinajstić information content (AvgIpc) is 2.39. The molecule has 2 rings (SSSR count). The first-order valence-corrected chi connectivity index (χ1v) is 7.23. The van der Waals surface area contributed by atoms with E-state index in [2.05, 4.69) is 0 Å². The molecule has 0 heterocycles. The minimum absolute atomic E-state index is 0.319. The molecule has 2 aromatic carbocycles. The number of nitriles is 1. The van der Waals surface area contributed by atoms with Crippen molar-refractivity contribution in [3.63, 3.8) is 0 Å². The fraction of sp³-hybridized carbons (Fsp3) is 0.0714. The van der Waals surface area contributed by atoms with E-state index in [-0.39, 0.29) is 0 Å². The van der Waals surface area contributed by atoms with Gasteiger partial charge in [0.05, 0.1) is 38.1 Å². The molecule has 0 aliphatic rings. The number of benzene rings is 2. The van der Waals surface area contributed by atoms with E-state index in [0.717, 1.165) is 5.56 Å². The van der Waals surface area contributed by atoms with Crippen molar-refractivity contribution in [1.82, 2.24) is 0 Å². The Labute approximate surface area is 119 Å². The number of rotatable bonds is 3. The second-order valence-corrected chi connectivity index (χ2v) is 5.75. The first-order valence-electron chi connectivity index (χ1n) is 5.53. The topological polar surface area (TPSA) is 66.9 Å². The van der Waals surface area contributed by atoms with Crippen molar-refractivity contribution in [1.29, 1.82) is 5.26 Å². The second-order valence-electron chi connectivity index (χ2n) is 3.96. The fourth-order valence-corrected chi connectivity index (χ4v) is 3.36. The van der Waals surface area contributed by atoms with Crippen LogP contribution in [-0.4, -0.2) is 4.21 Å². The highest BCUT2D eigenvalue weighted by Crippen LogP contribution is 2.27. The van der Waals surface area contributed by atoms with Crippen molar-refractivity contribution in [3.05, 3.63) is 58.6 Å². The summed E-state index contributed by atoms with van der Waals surface area (Å²) in [7, 11) is -1.31. The summed E-state index contributed by atoms with van der Waals surface area (Å²) in [5.74, 6) is 0.319. The Morgan fingerprint density at radius 3 is 2.47 bits per heavy atom. The van der Waals surface area contributed by atoms with Crippen molar-refractivity contribution in [2.45, 2.75) is 10.6 Å². The highest BCUT2D eigenvalue weighted by molar-refractivity contribution is 7.84. The quantitative estimate of drug-likeness (QED) is 0.883. The van der Waals surface area contributed by atoms with Gasteiger partial charge in [-0.3, -0.25) is 4.21 Å². The van der Waals surface area contributed by atoms with Crippen molar-refractivity contribution in [2.75, 3.05) is 5.73 Å². The van der Waals surface area contributed by atoms with Gasteiger partial charge in [-0.25, -0.2) is 0 Å². The molecule has 19 heavy (non-hydrogen) atoms. The molecule has 1 unspecified atom stereocenters. The Kier molecular flexibility index (Phi) is 4.20. The molecule has 0 amide bonds. The molecule has 0 aliphatic heterocycles. The standard InChI is InChI=1S/C14H11ClN2OS/c15-12-2-1-3-13(17)14(12)19(18)9-11-6-4-10(8-16)5-7-11/h1-7H,9,17H2. The van der Waals surface area contributed by atoms with Crippen LogP contribution in [0.5, 0.6) is 0 Å². The SMILES string of the molecule is N#Cc1ccc(CS(=O)c2c(N)cccc2Cl)cc1. The monoisotopic (exact) mass is 290 g/mol. The normalized spacial score (nSPS) is 11.8. The minimum Gasteiger partial charge on any atom is -0.398 e. The summed E-state index contributed by atoms with van der Waals surface area (Å²) < 4.78 is 12.3. The zero-order valence-corrected chi connectivity index (χ0v) is 11.5. The third-order valence-electron chi connectivity index (χ3n) is 2.61. The van der Waals surface area contributed by atoms with E-state index in [9.17, 15) is 4.21 Å². The fourth-order valence-electron chi connectivity index (χ4n) is 1.66. The van der Waals surface area contributed by atoms with Gasteiger partial charge in [0.1, 0.15) is 0 Å². The van der Waals surface area contributed by atoms with E-state index in [1.807, 2.05) is 6.07 Å². The van der Waals surface area contributed by atoms with Crippen LogP contribution in [0.1, 0.15) is 11.1 Å². The smallest absolute Gasteiger partial charge is 0.0991 e. The number of nitrogens with zero attached hydrogens (tertiary/aromatic N) is 1. The predicted octanol–water partition coefficient (Wildman–Crippen LogP) is 3.10. The maximum atomic E-state index is 12.3. The summed E-state index contributed by atoms with van der Waals surface area (Å²) in [6.07, 6.45) is 0. The molecule has 0 aliphatic carbocycles. The third kappa shape index (κ3) is 3.14. The molecule has 0 bridgehead atoms. The van der Waals surface area contributed by atoms with Gasteiger partial charge in [0.15, 0.2) is 0 Å². The summed E-state index contributed by atoms with van der Waals surface area (Å²) in [4.78, 5) is 0.466. The summed E-state index contributed by atoms with van der Waals surface area (Å²) in [5, 5.41) is 9.13. The Balaban J connectivity index is 2.23. The predicted molar refractivity (Wildman–Crippen MR) is 77.1 cm³/mol. The van der Waals surface area contributed by atoms with Crippen molar-refractivity contribution < 1.29 is 4.21 Å². The van der Waals surface area contributed by atoms with Gasteiger partial charge >= 0.3 is 0 Å². The Bertz CT molecular complexity index is 642. The van der Waals surface area contributed by atoms with Gasteiger partial charge in [0.2, 0.25) is 0 Å². The Morgan fingerprint density at radius 2 is 1.89 bits per heavy atom. The van der Waals surface area contributed by atoms with Crippen LogP contribution in [0.4, 0.5) is 5.69 Å². The van der Waals surface area contributed by atoms with E-state index in [1.54, 1.807) is 42.5 Å². The minimum atomic E-state index is -1.31.